The molecule has 2 heterocycles. The highest BCUT2D eigenvalue weighted by Crippen LogP contribution is 2.40. The minimum absolute atomic E-state index is 0.359. The fourth-order valence-corrected chi connectivity index (χ4v) is 4.68. The molecule has 2 amide bonds. The molecule has 4 rings (SSSR count). The summed E-state index contributed by atoms with van der Waals surface area (Å²) in [6, 6.07) is 7.74. The fraction of sp³-hybridized carbons (Fsp3) is 0.600. The van der Waals surface area contributed by atoms with E-state index in [2.05, 4.69) is 15.5 Å². The zero-order valence-corrected chi connectivity index (χ0v) is 15.0. The summed E-state index contributed by atoms with van der Waals surface area (Å²) in [6.07, 6.45) is 6.21. The second-order valence-corrected chi connectivity index (χ2v) is 7.86. The summed E-state index contributed by atoms with van der Waals surface area (Å²) in [4.78, 5) is 27.3. The molecule has 1 spiro atoms. The lowest BCUT2D eigenvalue weighted by molar-refractivity contribution is -0.132. The van der Waals surface area contributed by atoms with Gasteiger partial charge in [-0.2, -0.15) is 0 Å². The summed E-state index contributed by atoms with van der Waals surface area (Å²) in [7, 11) is 0. The Bertz CT molecular complexity index is 676. The van der Waals surface area contributed by atoms with E-state index in [-0.39, 0.29) is 5.91 Å². The van der Waals surface area contributed by atoms with Gasteiger partial charge in [0.15, 0.2) is 0 Å². The lowest BCUT2D eigenvalue weighted by Gasteiger charge is -2.29. The normalized spacial score (nSPS) is 27.6. The number of benzene rings is 1. The maximum absolute atomic E-state index is 12.6. The highest BCUT2D eigenvalue weighted by atomic mass is 16.3. The van der Waals surface area contributed by atoms with E-state index in [4.69, 9.17) is 0 Å². The van der Waals surface area contributed by atoms with Crippen molar-refractivity contribution < 1.29 is 14.7 Å². The quantitative estimate of drug-likeness (QED) is 0.723. The molecule has 1 aromatic rings. The van der Waals surface area contributed by atoms with Crippen LogP contribution in [0.4, 0.5) is 11.4 Å². The Morgan fingerprint density at radius 3 is 2.38 bits per heavy atom. The number of aliphatic hydroxyl groups excluding tert-OH is 1. The molecule has 3 aliphatic rings. The third-order valence-electron chi connectivity index (χ3n) is 6.17. The number of anilines is 2. The summed E-state index contributed by atoms with van der Waals surface area (Å²) >= 11 is 0. The molecular weight excluding hydrogens is 330 g/mol. The van der Waals surface area contributed by atoms with Crippen LogP contribution in [0.3, 0.4) is 0 Å². The predicted molar refractivity (Wildman–Crippen MR) is 100.0 cm³/mol. The van der Waals surface area contributed by atoms with Gasteiger partial charge in [0.05, 0.1) is 11.6 Å². The molecule has 0 aromatic heterocycles. The maximum Gasteiger partial charge on any atom is 0.239 e. The van der Waals surface area contributed by atoms with Crippen LogP contribution in [-0.4, -0.2) is 41.7 Å². The second-order valence-electron chi connectivity index (χ2n) is 7.86. The van der Waals surface area contributed by atoms with Gasteiger partial charge in [-0.25, -0.2) is 0 Å². The monoisotopic (exact) mass is 357 g/mol. The minimum Gasteiger partial charge on any atom is -0.389 e. The second kappa shape index (κ2) is 6.91. The molecule has 3 N–H and O–H groups in total. The number of hydrogen-bond acceptors (Lipinski definition) is 4. The summed E-state index contributed by atoms with van der Waals surface area (Å²) in [5, 5.41) is 16.3. The molecule has 140 valence electrons. The number of nitrogens with zero attached hydrogens (tertiary/aromatic N) is 1. The molecule has 26 heavy (non-hydrogen) atoms. The average molecular weight is 357 g/mol. The molecule has 2 atom stereocenters. The number of nitrogens with one attached hydrogen (secondary N) is 2. The van der Waals surface area contributed by atoms with Crippen molar-refractivity contribution >= 4 is 23.2 Å². The predicted octanol–water partition coefficient (Wildman–Crippen LogP) is 2.04. The van der Waals surface area contributed by atoms with Gasteiger partial charge < -0.3 is 20.6 Å². The lowest BCUT2D eigenvalue weighted by Crippen LogP contribution is -2.47. The summed E-state index contributed by atoms with van der Waals surface area (Å²) < 4.78 is 0. The number of aliphatic hydroxyl groups is 1. The molecule has 6 nitrogen and oxygen atoms in total. The van der Waals surface area contributed by atoms with Crippen LogP contribution in [0, 0.1) is 5.92 Å². The van der Waals surface area contributed by atoms with E-state index in [1.807, 2.05) is 24.3 Å². The summed E-state index contributed by atoms with van der Waals surface area (Å²) in [6.45, 7) is 2.14. The van der Waals surface area contributed by atoms with Crippen LogP contribution in [0.1, 0.15) is 44.9 Å². The zero-order valence-electron chi connectivity index (χ0n) is 15.0. The Hall–Kier alpha value is -2.08. The Labute approximate surface area is 153 Å². The number of carbonyl (C=O) groups excluding carboxylic acids is 2. The van der Waals surface area contributed by atoms with E-state index in [1.165, 1.54) is 19.3 Å². The molecule has 2 unspecified atom stereocenters. The van der Waals surface area contributed by atoms with Gasteiger partial charge in [0.25, 0.3) is 0 Å². The number of hydrogen-bond donors (Lipinski definition) is 3. The van der Waals surface area contributed by atoms with Crippen molar-refractivity contribution in [2.24, 2.45) is 5.92 Å². The molecule has 1 saturated carbocycles. The van der Waals surface area contributed by atoms with E-state index >= 15 is 0 Å². The van der Waals surface area contributed by atoms with E-state index in [1.54, 1.807) is 0 Å². The number of amides is 2. The molecule has 6 heteroatoms. The maximum atomic E-state index is 12.6. The molecular formula is C20H27N3O3. The lowest BCUT2D eigenvalue weighted by atomic mass is 9.87. The van der Waals surface area contributed by atoms with Crippen molar-refractivity contribution in [3.63, 3.8) is 0 Å². The van der Waals surface area contributed by atoms with E-state index < -0.39 is 23.5 Å². The van der Waals surface area contributed by atoms with Gasteiger partial charge >= 0.3 is 0 Å². The number of carbonyl (C=O) groups is 2. The summed E-state index contributed by atoms with van der Waals surface area (Å²) in [5.41, 5.74) is 1.21. The zero-order chi connectivity index (χ0) is 18.1. The van der Waals surface area contributed by atoms with Crippen molar-refractivity contribution in [3.8, 4) is 0 Å². The molecule has 0 radical (unpaired) electrons. The van der Waals surface area contributed by atoms with Crippen molar-refractivity contribution in [3.05, 3.63) is 24.3 Å². The third-order valence-corrected chi connectivity index (χ3v) is 6.17. The van der Waals surface area contributed by atoms with Crippen molar-refractivity contribution in [2.75, 3.05) is 23.3 Å². The van der Waals surface area contributed by atoms with E-state index in [0.29, 0.717) is 5.69 Å². The number of piperidine rings is 1. The van der Waals surface area contributed by atoms with Crippen LogP contribution in [0.15, 0.2) is 24.3 Å². The van der Waals surface area contributed by atoms with Gasteiger partial charge in [-0.3, -0.25) is 9.59 Å². The van der Waals surface area contributed by atoms with Crippen LogP contribution in [-0.2, 0) is 9.59 Å². The molecule has 3 fully saturated rings. The van der Waals surface area contributed by atoms with E-state index in [9.17, 15) is 14.7 Å². The first-order valence-electron chi connectivity index (χ1n) is 9.75. The molecule has 2 saturated heterocycles. The van der Waals surface area contributed by atoms with Crippen LogP contribution >= 0.6 is 0 Å². The fourth-order valence-electron chi connectivity index (χ4n) is 4.68. The van der Waals surface area contributed by atoms with Crippen LogP contribution in [0.25, 0.3) is 0 Å². The summed E-state index contributed by atoms with van der Waals surface area (Å²) in [5.74, 6) is -1.82. The molecule has 2 aliphatic heterocycles. The van der Waals surface area contributed by atoms with Gasteiger partial charge in [0, 0.05) is 24.5 Å². The van der Waals surface area contributed by atoms with Crippen LogP contribution in [0.2, 0.25) is 0 Å². The van der Waals surface area contributed by atoms with Gasteiger partial charge in [-0.1, -0.05) is 12.8 Å². The van der Waals surface area contributed by atoms with Crippen molar-refractivity contribution in [1.82, 2.24) is 5.32 Å². The van der Waals surface area contributed by atoms with Crippen molar-refractivity contribution in [2.45, 2.75) is 56.6 Å². The SMILES string of the molecule is O=C(Nc1ccc(N2CCCCC2)cc1)C1C(=O)NC2(CCCC2)C1O. The highest BCUT2D eigenvalue weighted by Gasteiger charge is 2.56. The van der Waals surface area contributed by atoms with Gasteiger partial charge in [0.1, 0.15) is 5.92 Å². The van der Waals surface area contributed by atoms with Crippen LogP contribution in [0.5, 0.6) is 0 Å². The smallest absolute Gasteiger partial charge is 0.239 e. The molecule has 0 bridgehead atoms. The Balaban J connectivity index is 1.42. The highest BCUT2D eigenvalue weighted by molar-refractivity contribution is 6.08. The Morgan fingerprint density at radius 2 is 1.73 bits per heavy atom. The van der Waals surface area contributed by atoms with Gasteiger partial charge in [-0.05, 0) is 56.4 Å². The minimum atomic E-state index is -1.03. The largest absolute Gasteiger partial charge is 0.389 e. The standard InChI is InChI=1S/C20H27N3O3/c24-17-16(19(26)22-20(17)10-2-3-11-20)18(25)21-14-6-8-15(9-7-14)23-12-4-1-5-13-23/h6-9,16-17,24H,1-5,10-13H2,(H,21,25)(H,22,26). The molecule has 1 aliphatic carbocycles. The topological polar surface area (TPSA) is 81.7 Å². The first-order chi connectivity index (χ1) is 12.6. The van der Waals surface area contributed by atoms with Crippen LogP contribution < -0.4 is 15.5 Å². The Morgan fingerprint density at radius 1 is 1.08 bits per heavy atom. The third kappa shape index (κ3) is 3.07. The first-order valence-corrected chi connectivity index (χ1v) is 9.75. The van der Waals surface area contributed by atoms with Crippen molar-refractivity contribution in [1.29, 1.82) is 0 Å². The van der Waals surface area contributed by atoms with Gasteiger partial charge in [-0.15, -0.1) is 0 Å². The Kier molecular flexibility index (Phi) is 4.61. The van der Waals surface area contributed by atoms with Gasteiger partial charge in [0.2, 0.25) is 11.8 Å². The molecule has 1 aromatic carbocycles. The number of rotatable bonds is 3. The first kappa shape index (κ1) is 17.3. The van der Waals surface area contributed by atoms with E-state index in [0.717, 1.165) is 44.5 Å². The average Bonchev–Trinajstić information content (AvgIpc) is 3.21.